The quantitative estimate of drug-likeness (QED) is 0.0663. The SMILES string of the molecule is COC(=N)c1ccc(O)c(Nc2cc(O)c(-c3c(O)cc(Nc4cc(C(=O)OC)ccc4O)cc3O)c(O)c2)c1. The zero-order valence-corrected chi connectivity index (χ0v) is 21.2. The number of rotatable bonds is 7. The molecule has 4 aromatic rings. The summed E-state index contributed by atoms with van der Waals surface area (Å²) in [5.74, 6) is -3.25. The number of anilines is 4. The number of ether oxygens (including phenoxy) is 2. The van der Waals surface area contributed by atoms with E-state index in [0.29, 0.717) is 5.56 Å². The van der Waals surface area contributed by atoms with Gasteiger partial charge in [0.2, 0.25) is 5.90 Å². The van der Waals surface area contributed by atoms with Crippen molar-refractivity contribution in [2.45, 2.75) is 0 Å². The molecule has 0 spiro atoms. The molecule has 0 aliphatic heterocycles. The average Bonchev–Trinajstić information content (AvgIpc) is 2.91. The first-order chi connectivity index (χ1) is 19.0. The van der Waals surface area contributed by atoms with Crippen LogP contribution in [-0.4, -0.2) is 56.7 Å². The second-order valence-corrected chi connectivity index (χ2v) is 8.52. The number of nitrogens with one attached hydrogen (secondary N) is 3. The molecule has 4 rings (SSSR count). The Morgan fingerprint density at radius 3 is 1.40 bits per heavy atom. The molecular weight excluding hydrogens is 522 g/mol. The number of phenols is 6. The highest BCUT2D eigenvalue weighted by Crippen LogP contribution is 2.49. The summed E-state index contributed by atoms with van der Waals surface area (Å²) in [6.07, 6.45) is 0. The van der Waals surface area contributed by atoms with Gasteiger partial charge in [0.15, 0.2) is 0 Å². The van der Waals surface area contributed by atoms with Gasteiger partial charge in [-0.2, -0.15) is 0 Å². The van der Waals surface area contributed by atoms with E-state index >= 15 is 0 Å². The highest BCUT2D eigenvalue weighted by Gasteiger charge is 2.21. The third kappa shape index (κ3) is 5.41. The number of esters is 1. The Balaban J connectivity index is 1.66. The molecule has 0 heterocycles. The summed E-state index contributed by atoms with van der Waals surface area (Å²) in [5, 5.41) is 76.6. The molecule has 12 heteroatoms. The molecule has 0 bridgehead atoms. The second-order valence-electron chi connectivity index (χ2n) is 8.52. The smallest absolute Gasteiger partial charge is 0.337 e. The van der Waals surface area contributed by atoms with E-state index in [1.807, 2.05) is 0 Å². The van der Waals surface area contributed by atoms with Gasteiger partial charge in [-0.1, -0.05) is 0 Å². The van der Waals surface area contributed by atoms with Crippen molar-refractivity contribution in [1.29, 1.82) is 5.41 Å². The van der Waals surface area contributed by atoms with Gasteiger partial charge in [0, 0.05) is 41.2 Å². The number of carbonyl (C=O) groups is 1. The Kier molecular flexibility index (Phi) is 7.44. The average molecular weight is 548 g/mol. The van der Waals surface area contributed by atoms with Crippen LogP contribution in [-0.2, 0) is 9.47 Å². The fraction of sp³-hybridized carbons (Fsp3) is 0.0714. The van der Waals surface area contributed by atoms with Crippen LogP contribution < -0.4 is 10.6 Å². The molecule has 40 heavy (non-hydrogen) atoms. The topological polar surface area (TPSA) is 205 Å². The van der Waals surface area contributed by atoms with Crippen molar-refractivity contribution in [2.75, 3.05) is 24.9 Å². The summed E-state index contributed by atoms with van der Waals surface area (Å²) in [6, 6.07) is 13.0. The van der Waals surface area contributed by atoms with E-state index in [4.69, 9.17) is 10.1 Å². The van der Waals surface area contributed by atoms with E-state index in [9.17, 15) is 35.4 Å². The first-order valence-corrected chi connectivity index (χ1v) is 11.6. The molecule has 0 aliphatic rings. The predicted molar refractivity (Wildman–Crippen MR) is 146 cm³/mol. The molecule has 12 nitrogen and oxygen atoms in total. The van der Waals surface area contributed by atoms with Gasteiger partial charge >= 0.3 is 5.97 Å². The molecular formula is C28H25N3O9. The maximum Gasteiger partial charge on any atom is 0.337 e. The van der Waals surface area contributed by atoms with Crippen molar-refractivity contribution >= 4 is 34.6 Å². The van der Waals surface area contributed by atoms with Gasteiger partial charge in [-0.15, -0.1) is 0 Å². The Labute approximate surface area is 227 Å². The van der Waals surface area contributed by atoms with E-state index in [0.717, 1.165) is 0 Å². The number of benzene rings is 4. The van der Waals surface area contributed by atoms with E-state index in [2.05, 4.69) is 15.4 Å². The van der Waals surface area contributed by atoms with E-state index in [-0.39, 0.29) is 56.8 Å². The van der Waals surface area contributed by atoms with Crippen LogP contribution in [0, 0.1) is 5.41 Å². The van der Waals surface area contributed by atoms with Gasteiger partial charge in [0.05, 0.1) is 42.3 Å². The van der Waals surface area contributed by atoms with Gasteiger partial charge in [0.1, 0.15) is 34.5 Å². The highest BCUT2D eigenvalue weighted by molar-refractivity contribution is 5.94. The maximum atomic E-state index is 11.8. The molecule has 0 saturated carbocycles. The van der Waals surface area contributed by atoms with Crippen molar-refractivity contribution in [2.24, 2.45) is 0 Å². The Bertz CT molecular complexity index is 1470. The monoisotopic (exact) mass is 547 g/mol. The van der Waals surface area contributed by atoms with Crippen LogP contribution in [0.5, 0.6) is 34.5 Å². The molecule has 206 valence electrons. The minimum Gasteiger partial charge on any atom is -0.507 e. The lowest BCUT2D eigenvalue weighted by atomic mass is 9.99. The van der Waals surface area contributed by atoms with Crippen LogP contribution in [0.15, 0.2) is 60.7 Å². The number of hydrogen-bond acceptors (Lipinski definition) is 12. The summed E-state index contributed by atoms with van der Waals surface area (Å²) in [5.41, 5.74) is 0.462. The third-order valence-corrected chi connectivity index (χ3v) is 5.88. The van der Waals surface area contributed by atoms with Crippen LogP contribution in [0.25, 0.3) is 11.1 Å². The van der Waals surface area contributed by atoms with Crippen molar-refractivity contribution in [3.8, 4) is 45.6 Å². The predicted octanol–water partition coefficient (Wildman–Crippen LogP) is 4.83. The molecule has 0 radical (unpaired) electrons. The van der Waals surface area contributed by atoms with Crippen LogP contribution in [0.1, 0.15) is 15.9 Å². The molecule has 4 aromatic carbocycles. The fourth-order valence-corrected chi connectivity index (χ4v) is 3.97. The summed E-state index contributed by atoms with van der Waals surface area (Å²) in [4.78, 5) is 11.8. The fourth-order valence-electron chi connectivity index (χ4n) is 3.97. The highest BCUT2D eigenvalue weighted by atomic mass is 16.5. The molecule has 0 fully saturated rings. The molecule has 9 N–H and O–H groups in total. The van der Waals surface area contributed by atoms with Gasteiger partial charge < -0.3 is 50.7 Å². The number of carbonyl (C=O) groups excluding carboxylic acids is 1. The van der Waals surface area contributed by atoms with Crippen LogP contribution in [0.2, 0.25) is 0 Å². The van der Waals surface area contributed by atoms with E-state index in [1.165, 1.54) is 74.9 Å². The minimum atomic E-state index is -0.634. The molecule has 0 aliphatic carbocycles. The zero-order chi connectivity index (χ0) is 29.1. The van der Waals surface area contributed by atoms with Crippen molar-refractivity contribution in [1.82, 2.24) is 0 Å². The number of methoxy groups -OCH3 is 2. The second kappa shape index (κ2) is 10.9. The lowest BCUT2D eigenvalue weighted by Crippen LogP contribution is -2.02. The molecule has 0 atom stereocenters. The summed E-state index contributed by atoms with van der Waals surface area (Å²) in [7, 11) is 2.54. The summed E-state index contributed by atoms with van der Waals surface area (Å²) < 4.78 is 9.55. The van der Waals surface area contributed by atoms with Crippen molar-refractivity contribution in [3.63, 3.8) is 0 Å². The van der Waals surface area contributed by atoms with Gasteiger partial charge in [-0.05, 0) is 36.4 Å². The van der Waals surface area contributed by atoms with Crippen molar-refractivity contribution in [3.05, 3.63) is 71.8 Å². The third-order valence-electron chi connectivity index (χ3n) is 5.88. The lowest BCUT2D eigenvalue weighted by Gasteiger charge is -2.17. The Morgan fingerprint density at radius 2 is 1.00 bits per heavy atom. The largest absolute Gasteiger partial charge is 0.507 e. The molecule has 0 amide bonds. The number of aromatic hydroxyl groups is 6. The Hall–Kier alpha value is -5.78. The van der Waals surface area contributed by atoms with Crippen LogP contribution >= 0.6 is 0 Å². The van der Waals surface area contributed by atoms with Gasteiger partial charge in [-0.3, -0.25) is 5.41 Å². The van der Waals surface area contributed by atoms with Crippen LogP contribution in [0.4, 0.5) is 22.7 Å². The van der Waals surface area contributed by atoms with Gasteiger partial charge in [-0.25, -0.2) is 4.79 Å². The van der Waals surface area contributed by atoms with E-state index in [1.54, 1.807) is 0 Å². The first kappa shape index (κ1) is 27.3. The molecule has 0 unspecified atom stereocenters. The molecule has 0 saturated heterocycles. The zero-order valence-electron chi connectivity index (χ0n) is 21.2. The summed E-state index contributed by atoms with van der Waals surface area (Å²) in [6.45, 7) is 0. The standard InChI is InChI=1S/C28H25N3O9/c1-39-27(29)13-3-5-19(32)17(7-13)30-15-9-21(34)25(22(35)10-15)26-23(36)11-16(12-24(26)37)31-18-8-14(28(38)40-2)4-6-20(18)33/h3-12,29-37H,1-2H3. The lowest BCUT2D eigenvalue weighted by molar-refractivity contribution is 0.0600. The minimum absolute atomic E-state index is 0.0866. The van der Waals surface area contributed by atoms with Crippen molar-refractivity contribution < 1.29 is 44.9 Å². The normalized spacial score (nSPS) is 10.6. The summed E-state index contributed by atoms with van der Waals surface area (Å²) >= 11 is 0. The number of phenolic OH excluding ortho intramolecular Hbond substituents is 6. The van der Waals surface area contributed by atoms with Gasteiger partial charge in [0.25, 0.3) is 0 Å². The van der Waals surface area contributed by atoms with E-state index < -0.39 is 29.0 Å². The van der Waals surface area contributed by atoms with Crippen LogP contribution in [0.3, 0.4) is 0 Å². The maximum absolute atomic E-state index is 11.8. The Morgan fingerprint density at radius 1 is 0.600 bits per heavy atom. The number of hydrogen-bond donors (Lipinski definition) is 9. The molecule has 0 aromatic heterocycles. The first-order valence-electron chi connectivity index (χ1n) is 11.6.